The number of aromatic nitrogens is 1. The highest BCUT2D eigenvalue weighted by Gasteiger charge is 2.26. The van der Waals surface area contributed by atoms with Gasteiger partial charge in [0.2, 0.25) is 5.78 Å². The first kappa shape index (κ1) is 19.0. The third kappa shape index (κ3) is 3.71. The molecular formula is C21H21NO4S. The molecule has 1 aromatic heterocycles. The van der Waals surface area contributed by atoms with Crippen molar-refractivity contribution in [2.45, 2.75) is 24.8 Å². The van der Waals surface area contributed by atoms with E-state index >= 15 is 0 Å². The highest BCUT2D eigenvalue weighted by atomic mass is 32.2. The zero-order chi connectivity index (χ0) is 19.6. The third-order valence-corrected chi connectivity index (χ3v) is 5.15. The SMILES string of the molecule is COc1cc(SC)ccc1C(=O)O[C@H](C)C(=O)c1c(C)[nH]c2ccccc12. The van der Waals surface area contributed by atoms with Gasteiger partial charge in [0.15, 0.2) is 6.10 Å². The van der Waals surface area contributed by atoms with Crippen LogP contribution in [0.3, 0.4) is 0 Å². The molecule has 140 valence electrons. The lowest BCUT2D eigenvalue weighted by molar-refractivity contribution is 0.0316. The van der Waals surface area contributed by atoms with Gasteiger partial charge in [-0.3, -0.25) is 4.79 Å². The van der Waals surface area contributed by atoms with Crippen molar-refractivity contribution in [2.75, 3.05) is 13.4 Å². The van der Waals surface area contributed by atoms with E-state index in [-0.39, 0.29) is 5.78 Å². The molecule has 1 N–H and O–H groups in total. The molecule has 0 spiro atoms. The highest BCUT2D eigenvalue weighted by molar-refractivity contribution is 7.98. The molecule has 6 heteroatoms. The van der Waals surface area contributed by atoms with E-state index in [1.54, 1.807) is 30.8 Å². The van der Waals surface area contributed by atoms with Crippen molar-refractivity contribution in [3.05, 3.63) is 59.3 Å². The molecule has 0 fully saturated rings. The van der Waals surface area contributed by atoms with E-state index in [0.717, 1.165) is 21.5 Å². The molecule has 0 aliphatic rings. The summed E-state index contributed by atoms with van der Waals surface area (Å²) in [6, 6.07) is 12.8. The second-order valence-corrected chi connectivity index (χ2v) is 7.03. The average Bonchev–Trinajstić information content (AvgIpc) is 3.02. The number of hydrogen-bond donors (Lipinski definition) is 1. The van der Waals surface area contributed by atoms with Gasteiger partial charge in [0.05, 0.1) is 7.11 Å². The lowest BCUT2D eigenvalue weighted by Crippen LogP contribution is -2.25. The molecule has 0 aliphatic heterocycles. The fourth-order valence-corrected chi connectivity index (χ4v) is 3.47. The number of carbonyl (C=O) groups is 2. The number of aromatic amines is 1. The predicted molar refractivity (Wildman–Crippen MR) is 107 cm³/mol. The Hall–Kier alpha value is -2.73. The zero-order valence-corrected chi connectivity index (χ0v) is 16.5. The minimum atomic E-state index is -0.916. The minimum absolute atomic E-state index is 0.238. The number of aryl methyl sites for hydroxylation is 1. The number of carbonyl (C=O) groups excluding carboxylic acids is 2. The summed E-state index contributed by atoms with van der Waals surface area (Å²) in [5.41, 5.74) is 2.48. The van der Waals surface area contributed by atoms with Crippen LogP contribution in [0, 0.1) is 6.92 Å². The van der Waals surface area contributed by atoms with Crippen LogP contribution in [0.1, 0.15) is 33.3 Å². The van der Waals surface area contributed by atoms with E-state index in [4.69, 9.17) is 9.47 Å². The average molecular weight is 383 g/mol. The molecule has 5 nitrogen and oxygen atoms in total. The first-order valence-corrected chi connectivity index (χ1v) is 9.73. The maximum atomic E-state index is 12.9. The van der Waals surface area contributed by atoms with E-state index in [9.17, 15) is 9.59 Å². The molecule has 1 atom stereocenters. The topological polar surface area (TPSA) is 68.4 Å². The number of ketones is 1. The summed E-state index contributed by atoms with van der Waals surface area (Å²) in [5, 5.41) is 0.824. The van der Waals surface area contributed by atoms with Gasteiger partial charge in [-0.05, 0) is 44.4 Å². The number of fused-ring (bicyclic) bond motifs is 1. The van der Waals surface area contributed by atoms with Gasteiger partial charge >= 0.3 is 5.97 Å². The lowest BCUT2D eigenvalue weighted by atomic mass is 10.0. The Morgan fingerprint density at radius 3 is 2.59 bits per heavy atom. The number of H-pyrrole nitrogens is 1. The summed E-state index contributed by atoms with van der Waals surface area (Å²) in [6.45, 7) is 3.43. The van der Waals surface area contributed by atoms with Gasteiger partial charge < -0.3 is 14.5 Å². The first-order chi connectivity index (χ1) is 13.0. The van der Waals surface area contributed by atoms with E-state index in [0.29, 0.717) is 16.9 Å². The molecule has 1 heterocycles. The Balaban J connectivity index is 1.84. The molecule has 0 aliphatic carbocycles. The Morgan fingerprint density at radius 2 is 1.89 bits per heavy atom. The minimum Gasteiger partial charge on any atom is -0.496 e. The van der Waals surface area contributed by atoms with E-state index in [1.807, 2.05) is 43.5 Å². The number of ether oxygens (including phenoxy) is 2. The summed E-state index contributed by atoms with van der Waals surface area (Å²) < 4.78 is 10.7. The Labute approximate surface area is 162 Å². The first-order valence-electron chi connectivity index (χ1n) is 8.50. The number of Topliss-reactive ketones (excluding diaryl/α,β-unsaturated/α-hetero) is 1. The van der Waals surface area contributed by atoms with Gasteiger partial charge in [-0.25, -0.2) is 4.79 Å². The van der Waals surface area contributed by atoms with Crippen molar-refractivity contribution >= 4 is 34.4 Å². The molecule has 0 radical (unpaired) electrons. The van der Waals surface area contributed by atoms with Gasteiger partial charge in [0, 0.05) is 27.1 Å². The maximum absolute atomic E-state index is 12.9. The highest BCUT2D eigenvalue weighted by Crippen LogP contribution is 2.27. The van der Waals surface area contributed by atoms with E-state index in [1.165, 1.54) is 7.11 Å². The number of esters is 1. The molecule has 0 unspecified atom stereocenters. The number of rotatable bonds is 6. The Morgan fingerprint density at radius 1 is 1.15 bits per heavy atom. The molecular weight excluding hydrogens is 362 g/mol. The van der Waals surface area contributed by atoms with Crippen molar-refractivity contribution in [1.29, 1.82) is 0 Å². The summed E-state index contributed by atoms with van der Waals surface area (Å²) in [6.07, 6.45) is 1.03. The van der Waals surface area contributed by atoms with Crippen LogP contribution >= 0.6 is 11.8 Å². The number of hydrogen-bond acceptors (Lipinski definition) is 5. The Kier molecular flexibility index (Phi) is 5.56. The van der Waals surface area contributed by atoms with Gasteiger partial charge in [-0.15, -0.1) is 11.8 Å². The summed E-state index contributed by atoms with van der Waals surface area (Å²) >= 11 is 1.55. The van der Waals surface area contributed by atoms with Crippen LogP contribution in [0.25, 0.3) is 10.9 Å². The zero-order valence-electron chi connectivity index (χ0n) is 15.7. The van der Waals surface area contributed by atoms with Crippen LogP contribution in [0.15, 0.2) is 47.4 Å². The molecule has 0 bridgehead atoms. The summed E-state index contributed by atoms with van der Waals surface area (Å²) in [4.78, 5) is 29.7. The summed E-state index contributed by atoms with van der Waals surface area (Å²) in [7, 11) is 1.50. The fourth-order valence-electron chi connectivity index (χ4n) is 3.04. The van der Waals surface area contributed by atoms with Crippen LogP contribution < -0.4 is 4.74 Å². The van der Waals surface area contributed by atoms with Gasteiger partial charge in [-0.1, -0.05) is 18.2 Å². The molecule has 0 amide bonds. The van der Waals surface area contributed by atoms with Gasteiger partial charge in [-0.2, -0.15) is 0 Å². The van der Waals surface area contributed by atoms with Crippen LogP contribution in [-0.2, 0) is 4.74 Å². The van der Waals surface area contributed by atoms with Crippen molar-refractivity contribution in [3.63, 3.8) is 0 Å². The van der Waals surface area contributed by atoms with Crippen molar-refractivity contribution in [2.24, 2.45) is 0 Å². The number of benzene rings is 2. The van der Waals surface area contributed by atoms with Crippen LogP contribution in [0.4, 0.5) is 0 Å². The quantitative estimate of drug-likeness (QED) is 0.382. The number of methoxy groups -OCH3 is 1. The normalized spacial score (nSPS) is 12.0. The monoisotopic (exact) mass is 383 g/mol. The third-order valence-electron chi connectivity index (χ3n) is 4.42. The number of nitrogens with one attached hydrogen (secondary N) is 1. The Bertz CT molecular complexity index is 1010. The molecule has 2 aromatic carbocycles. The van der Waals surface area contributed by atoms with Crippen molar-refractivity contribution in [3.8, 4) is 5.75 Å². The molecule has 0 saturated carbocycles. The second kappa shape index (κ2) is 7.88. The van der Waals surface area contributed by atoms with Crippen LogP contribution in [0.2, 0.25) is 0 Å². The molecule has 3 rings (SSSR count). The van der Waals surface area contributed by atoms with Crippen LogP contribution in [0.5, 0.6) is 5.75 Å². The maximum Gasteiger partial charge on any atom is 0.342 e. The standard InChI is InChI=1S/C21H21NO4S/c1-12-19(15-7-5-6-8-17(15)22-12)20(23)13(2)26-21(24)16-10-9-14(27-4)11-18(16)25-3/h5-11,13,22H,1-4H3/t13-/m1/s1. The van der Waals surface area contributed by atoms with Crippen molar-refractivity contribution in [1.82, 2.24) is 4.98 Å². The van der Waals surface area contributed by atoms with Crippen LogP contribution in [-0.4, -0.2) is 36.2 Å². The lowest BCUT2D eigenvalue weighted by Gasteiger charge is -2.14. The van der Waals surface area contributed by atoms with E-state index < -0.39 is 12.1 Å². The summed E-state index contributed by atoms with van der Waals surface area (Å²) in [5.74, 6) is -0.398. The molecule has 0 saturated heterocycles. The van der Waals surface area contributed by atoms with Gasteiger partial charge in [0.25, 0.3) is 0 Å². The van der Waals surface area contributed by atoms with E-state index in [2.05, 4.69) is 4.98 Å². The number of para-hydroxylation sites is 1. The predicted octanol–water partition coefficient (Wildman–Crippen LogP) is 4.64. The van der Waals surface area contributed by atoms with Crippen molar-refractivity contribution < 1.29 is 19.1 Å². The number of thioether (sulfide) groups is 1. The fraction of sp³-hybridized carbons (Fsp3) is 0.238. The van der Waals surface area contributed by atoms with Gasteiger partial charge in [0.1, 0.15) is 11.3 Å². The molecule has 3 aromatic rings. The second-order valence-electron chi connectivity index (χ2n) is 6.15. The molecule has 27 heavy (non-hydrogen) atoms. The largest absolute Gasteiger partial charge is 0.496 e. The smallest absolute Gasteiger partial charge is 0.342 e.